The summed E-state index contributed by atoms with van der Waals surface area (Å²) in [6.07, 6.45) is 1.97. The molecule has 2 aliphatic rings. The van der Waals surface area contributed by atoms with Gasteiger partial charge in [0.05, 0.1) is 12.2 Å². The zero-order valence-electron chi connectivity index (χ0n) is 14.4. The first-order valence-electron chi connectivity index (χ1n) is 8.81. The maximum Gasteiger partial charge on any atom is 0.143 e. The van der Waals surface area contributed by atoms with Crippen LogP contribution in [0.1, 0.15) is 22.3 Å². The van der Waals surface area contributed by atoms with Crippen LogP contribution < -0.4 is 15.0 Å². The van der Waals surface area contributed by atoms with E-state index < -0.39 is 5.82 Å². The van der Waals surface area contributed by atoms with Crippen molar-refractivity contribution in [3.05, 3.63) is 58.2 Å². The van der Waals surface area contributed by atoms with Crippen LogP contribution in [0.15, 0.2) is 24.3 Å². The minimum Gasteiger partial charge on any atom is -0.490 e. The molecule has 3 nitrogen and oxygen atoms in total. The maximum absolute atomic E-state index is 14.1. The summed E-state index contributed by atoms with van der Waals surface area (Å²) < 4.78 is 33.5. The van der Waals surface area contributed by atoms with Gasteiger partial charge in [-0.25, -0.2) is 8.78 Å². The highest BCUT2D eigenvalue weighted by atomic mass is 19.1. The van der Waals surface area contributed by atoms with Crippen LogP contribution in [0.5, 0.6) is 5.75 Å². The molecular weight excluding hydrogens is 322 g/mol. The van der Waals surface area contributed by atoms with E-state index in [1.807, 2.05) is 0 Å². The first-order valence-corrected chi connectivity index (χ1v) is 8.81. The molecule has 0 fully saturated rings. The Labute approximate surface area is 146 Å². The van der Waals surface area contributed by atoms with Gasteiger partial charge in [0, 0.05) is 12.1 Å². The topological polar surface area (TPSA) is 24.5 Å². The largest absolute Gasteiger partial charge is 0.490 e. The fraction of sp³-hybridized carbons (Fsp3) is 0.400. The fourth-order valence-corrected chi connectivity index (χ4v) is 3.92. The second-order valence-electron chi connectivity index (χ2n) is 6.74. The lowest BCUT2D eigenvalue weighted by molar-refractivity contribution is 0.305. The van der Waals surface area contributed by atoms with Crippen molar-refractivity contribution in [2.24, 2.45) is 0 Å². The first kappa shape index (κ1) is 16.3. The molecule has 0 radical (unpaired) electrons. The normalized spacial score (nSPS) is 16.7. The van der Waals surface area contributed by atoms with Crippen molar-refractivity contribution in [3.63, 3.8) is 0 Å². The molecule has 0 aliphatic carbocycles. The molecule has 132 valence electrons. The van der Waals surface area contributed by atoms with E-state index >= 15 is 0 Å². The minimum atomic E-state index is -0.408. The number of hydrogen-bond donors (Lipinski definition) is 1. The summed E-state index contributed by atoms with van der Waals surface area (Å²) in [5.41, 5.74) is 5.30. The summed E-state index contributed by atoms with van der Waals surface area (Å²) in [5, 5.41) is 3.43. The van der Waals surface area contributed by atoms with Gasteiger partial charge in [-0.1, -0.05) is 0 Å². The molecular formula is C20H22F2N2O. The van der Waals surface area contributed by atoms with Gasteiger partial charge in [0.25, 0.3) is 0 Å². The average molecular weight is 344 g/mol. The summed E-state index contributed by atoms with van der Waals surface area (Å²) in [6.45, 7) is 5.63. The van der Waals surface area contributed by atoms with Crippen molar-refractivity contribution in [1.82, 2.24) is 5.32 Å². The van der Waals surface area contributed by atoms with Crippen LogP contribution >= 0.6 is 0 Å². The number of halogens is 2. The Balaban J connectivity index is 1.74. The number of nitrogens with one attached hydrogen (secondary N) is 1. The van der Waals surface area contributed by atoms with E-state index in [9.17, 15) is 8.78 Å². The molecule has 2 aromatic carbocycles. The van der Waals surface area contributed by atoms with Gasteiger partial charge in [-0.15, -0.1) is 0 Å². The van der Waals surface area contributed by atoms with E-state index in [1.54, 1.807) is 0 Å². The molecule has 0 amide bonds. The monoisotopic (exact) mass is 344 g/mol. The molecule has 0 saturated carbocycles. The van der Waals surface area contributed by atoms with Crippen molar-refractivity contribution >= 4 is 5.69 Å². The minimum absolute atomic E-state index is 0.345. The molecule has 0 saturated heterocycles. The standard InChI is InChI=1S/C20H22F2N2O/c1-13-17-5-7-23-6-4-14(17)11-19-20(13)24(8-9-25-19)12-15-10-16(21)2-3-18(15)22/h2-3,10-11,23H,4-9,12H2,1H3. The quantitative estimate of drug-likeness (QED) is 0.904. The third-order valence-corrected chi connectivity index (χ3v) is 5.16. The van der Waals surface area contributed by atoms with E-state index in [2.05, 4.69) is 23.2 Å². The first-order chi connectivity index (χ1) is 12.1. The van der Waals surface area contributed by atoms with Gasteiger partial charge in [-0.05, 0) is 73.8 Å². The summed E-state index contributed by atoms with van der Waals surface area (Å²) in [7, 11) is 0. The van der Waals surface area contributed by atoms with E-state index in [-0.39, 0.29) is 5.82 Å². The van der Waals surface area contributed by atoms with E-state index in [0.29, 0.717) is 25.3 Å². The number of anilines is 1. The zero-order valence-corrected chi connectivity index (χ0v) is 14.4. The number of ether oxygens (including phenoxy) is 1. The van der Waals surface area contributed by atoms with Crippen molar-refractivity contribution < 1.29 is 13.5 Å². The van der Waals surface area contributed by atoms with Crippen LogP contribution in [0.25, 0.3) is 0 Å². The summed E-state index contributed by atoms with van der Waals surface area (Å²) in [5.74, 6) is 0.0851. The molecule has 5 heteroatoms. The molecule has 0 unspecified atom stereocenters. The molecule has 2 aliphatic heterocycles. The average Bonchev–Trinajstić information content (AvgIpc) is 2.84. The summed E-state index contributed by atoms with van der Waals surface area (Å²) >= 11 is 0. The Morgan fingerprint density at radius 2 is 2.00 bits per heavy atom. The molecule has 2 heterocycles. The number of benzene rings is 2. The maximum atomic E-state index is 14.1. The molecule has 0 bridgehead atoms. The van der Waals surface area contributed by atoms with Crippen LogP contribution in [-0.4, -0.2) is 26.2 Å². The van der Waals surface area contributed by atoms with Crippen LogP contribution in [0.4, 0.5) is 14.5 Å². The number of fused-ring (bicyclic) bond motifs is 2. The van der Waals surface area contributed by atoms with Gasteiger partial charge >= 0.3 is 0 Å². The molecule has 0 aromatic heterocycles. The van der Waals surface area contributed by atoms with Crippen LogP contribution in [0.3, 0.4) is 0 Å². The van der Waals surface area contributed by atoms with Gasteiger partial charge in [0.15, 0.2) is 0 Å². The number of nitrogens with zero attached hydrogens (tertiary/aromatic N) is 1. The summed E-state index contributed by atoms with van der Waals surface area (Å²) in [6, 6.07) is 5.78. The Morgan fingerprint density at radius 3 is 2.88 bits per heavy atom. The Morgan fingerprint density at radius 1 is 1.16 bits per heavy atom. The van der Waals surface area contributed by atoms with Crippen molar-refractivity contribution in [2.75, 3.05) is 31.1 Å². The van der Waals surface area contributed by atoms with Crippen molar-refractivity contribution in [3.8, 4) is 5.75 Å². The highest BCUT2D eigenvalue weighted by Crippen LogP contribution is 2.40. The highest BCUT2D eigenvalue weighted by Gasteiger charge is 2.25. The van der Waals surface area contributed by atoms with Gasteiger partial charge in [-0.3, -0.25) is 0 Å². The zero-order chi connectivity index (χ0) is 17.4. The molecule has 0 atom stereocenters. The smallest absolute Gasteiger partial charge is 0.143 e. The lowest BCUT2D eigenvalue weighted by Gasteiger charge is -2.34. The molecule has 2 aromatic rings. The molecule has 25 heavy (non-hydrogen) atoms. The predicted octanol–water partition coefficient (Wildman–Crippen LogP) is 3.36. The number of rotatable bonds is 2. The van der Waals surface area contributed by atoms with Crippen molar-refractivity contribution in [1.29, 1.82) is 0 Å². The molecule has 0 spiro atoms. The van der Waals surface area contributed by atoms with Gasteiger partial charge in [0.2, 0.25) is 0 Å². The highest BCUT2D eigenvalue weighted by molar-refractivity contribution is 5.69. The second-order valence-corrected chi connectivity index (χ2v) is 6.74. The van der Waals surface area contributed by atoms with E-state index in [4.69, 9.17) is 4.74 Å². The van der Waals surface area contributed by atoms with Crippen LogP contribution in [0.2, 0.25) is 0 Å². The predicted molar refractivity (Wildman–Crippen MR) is 94.4 cm³/mol. The van der Waals surface area contributed by atoms with Gasteiger partial charge in [0.1, 0.15) is 24.0 Å². The SMILES string of the molecule is Cc1c2c(cc3c1N(Cc1cc(F)ccc1F)CCO3)CCNCC2. The third kappa shape index (κ3) is 3.09. The van der Waals surface area contributed by atoms with E-state index in [0.717, 1.165) is 43.4 Å². The Hall–Kier alpha value is -2.14. The van der Waals surface area contributed by atoms with E-state index in [1.165, 1.54) is 28.8 Å². The lowest BCUT2D eigenvalue weighted by Crippen LogP contribution is -2.33. The van der Waals surface area contributed by atoms with Gasteiger partial charge < -0.3 is 15.0 Å². The van der Waals surface area contributed by atoms with Crippen LogP contribution in [-0.2, 0) is 19.4 Å². The van der Waals surface area contributed by atoms with Crippen LogP contribution in [0, 0.1) is 18.6 Å². The third-order valence-electron chi connectivity index (χ3n) is 5.16. The van der Waals surface area contributed by atoms with Crippen molar-refractivity contribution in [2.45, 2.75) is 26.3 Å². The molecule has 4 rings (SSSR count). The summed E-state index contributed by atoms with van der Waals surface area (Å²) in [4.78, 5) is 2.12. The Bertz CT molecular complexity index is 807. The number of hydrogen-bond acceptors (Lipinski definition) is 3. The Kier molecular flexibility index (Phi) is 4.34. The second kappa shape index (κ2) is 6.64. The lowest BCUT2D eigenvalue weighted by atomic mass is 9.94. The fourth-order valence-electron chi connectivity index (χ4n) is 3.92. The van der Waals surface area contributed by atoms with Gasteiger partial charge in [-0.2, -0.15) is 0 Å². The molecule has 1 N–H and O–H groups in total.